The molecule has 0 atom stereocenters. The van der Waals surface area contributed by atoms with Crippen LogP contribution >= 0.6 is 11.6 Å². The molecule has 0 aliphatic heterocycles. The second-order valence-electron chi connectivity index (χ2n) is 4.12. The van der Waals surface area contributed by atoms with Crippen LogP contribution in [0.5, 0.6) is 0 Å². The van der Waals surface area contributed by atoms with Crippen LogP contribution in [0.4, 0.5) is 0 Å². The van der Waals surface area contributed by atoms with E-state index < -0.39 is 0 Å². The molecule has 0 aliphatic carbocycles. The molecule has 2 aromatic carbocycles. The number of halogens is 1. The molecular weight excluding hydrogens is 232 g/mol. The Bertz CT molecular complexity index is 553. The van der Waals surface area contributed by atoms with Crippen molar-refractivity contribution in [3.05, 3.63) is 58.1 Å². The normalized spacial score (nSPS) is 10.3. The quantitative estimate of drug-likeness (QED) is 0.714. The van der Waals surface area contributed by atoms with Crippen LogP contribution in [0.1, 0.15) is 21.5 Å². The van der Waals surface area contributed by atoms with E-state index in [1.165, 1.54) is 0 Å². The monoisotopic (exact) mass is 244 g/mol. The molecule has 0 saturated carbocycles. The summed E-state index contributed by atoms with van der Waals surface area (Å²) in [5.41, 5.74) is 5.00. The summed E-state index contributed by atoms with van der Waals surface area (Å²) in [7, 11) is 0. The molecule has 0 fully saturated rings. The van der Waals surface area contributed by atoms with Crippen molar-refractivity contribution in [1.82, 2.24) is 0 Å². The minimum absolute atomic E-state index is 0.645. The van der Waals surface area contributed by atoms with E-state index in [9.17, 15) is 4.79 Å². The van der Waals surface area contributed by atoms with Crippen molar-refractivity contribution in [3.8, 4) is 11.1 Å². The molecule has 2 aromatic rings. The van der Waals surface area contributed by atoms with E-state index in [2.05, 4.69) is 0 Å². The maximum Gasteiger partial charge on any atom is 0.150 e. The van der Waals surface area contributed by atoms with Crippen LogP contribution < -0.4 is 0 Å². The van der Waals surface area contributed by atoms with Crippen LogP contribution in [0.15, 0.2) is 36.4 Å². The van der Waals surface area contributed by atoms with Gasteiger partial charge in [0.1, 0.15) is 6.29 Å². The molecule has 2 rings (SSSR count). The lowest BCUT2D eigenvalue weighted by Gasteiger charge is -2.12. The zero-order chi connectivity index (χ0) is 12.4. The average molecular weight is 245 g/mol. The number of rotatable bonds is 2. The third-order valence-corrected chi connectivity index (χ3v) is 3.21. The molecule has 0 bridgehead atoms. The molecule has 2 heteroatoms. The molecule has 0 heterocycles. The summed E-state index contributed by atoms with van der Waals surface area (Å²) in [6.07, 6.45) is 0.841. The van der Waals surface area contributed by atoms with Crippen LogP contribution in [0, 0.1) is 13.8 Å². The second kappa shape index (κ2) is 4.72. The Balaban J connectivity index is 2.71. The summed E-state index contributed by atoms with van der Waals surface area (Å²) >= 11 is 6.22. The van der Waals surface area contributed by atoms with E-state index in [0.717, 1.165) is 28.5 Å². The van der Waals surface area contributed by atoms with Gasteiger partial charge in [0, 0.05) is 16.1 Å². The minimum atomic E-state index is 0.645. The Morgan fingerprint density at radius 1 is 1.06 bits per heavy atom. The predicted molar refractivity (Wildman–Crippen MR) is 71.7 cm³/mol. The van der Waals surface area contributed by atoms with Crippen molar-refractivity contribution in [2.45, 2.75) is 13.8 Å². The SMILES string of the molecule is Cc1cccc(C)c1-c1cc(C=O)ccc1Cl. The zero-order valence-electron chi connectivity index (χ0n) is 9.83. The van der Waals surface area contributed by atoms with Gasteiger partial charge in [0.15, 0.2) is 0 Å². The second-order valence-corrected chi connectivity index (χ2v) is 4.53. The van der Waals surface area contributed by atoms with Gasteiger partial charge in [-0.05, 0) is 42.7 Å². The van der Waals surface area contributed by atoms with Gasteiger partial charge in [0.25, 0.3) is 0 Å². The molecule has 86 valence electrons. The van der Waals surface area contributed by atoms with Gasteiger partial charge in [0.05, 0.1) is 0 Å². The molecule has 0 saturated heterocycles. The molecule has 0 aliphatic rings. The lowest BCUT2D eigenvalue weighted by atomic mass is 9.95. The molecule has 1 nitrogen and oxygen atoms in total. The van der Waals surface area contributed by atoms with Gasteiger partial charge in [0.2, 0.25) is 0 Å². The maximum atomic E-state index is 10.8. The van der Waals surface area contributed by atoms with E-state index in [1.54, 1.807) is 12.1 Å². The molecule has 0 radical (unpaired) electrons. The van der Waals surface area contributed by atoms with Crippen molar-refractivity contribution in [1.29, 1.82) is 0 Å². The lowest BCUT2D eigenvalue weighted by molar-refractivity contribution is 0.112. The summed E-state index contributed by atoms with van der Waals surface area (Å²) < 4.78 is 0. The van der Waals surface area contributed by atoms with Crippen LogP contribution in [0.2, 0.25) is 5.02 Å². The smallest absolute Gasteiger partial charge is 0.150 e. The summed E-state index contributed by atoms with van der Waals surface area (Å²) in [6.45, 7) is 4.10. The summed E-state index contributed by atoms with van der Waals surface area (Å²) in [5.74, 6) is 0. The fourth-order valence-corrected chi connectivity index (χ4v) is 2.26. The highest BCUT2D eigenvalue weighted by molar-refractivity contribution is 6.33. The summed E-state index contributed by atoms with van der Waals surface area (Å²) in [4.78, 5) is 10.8. The molecule has 0 aromatic heterocycles. The molecule has 0 amide bonds. The van der Waals surface area contributed by atoms with Gasteiger partial charge in [-0.25, -0.2) is 0 Å². The van der Waals surface area contributed by atoms with Crippen molar-refractivity contribution in [2.75, 3.05) is 0 Å². The highest BCUT2D eigenvalue weighted by Gasteiger charge is 2.09. The van der Waals surface area contributed by atoms with Gasteiger partial charge < -0.3 is 0 Å². The van der Waals surface area contributed by atoms with Crippen molar-refractivity contribution < 1.29 is 4.79 Å². The highest BCUT2D eigenvalue weighted by Crippen LogP contribution is 2.33. The lowest BCUT2D eigenvalue weighted by Crippen LogP contribution is -1.90. The predicted octanol–water partition coefficient (Wildman–Crippen LogP) is 4.44. The van der Waals surface area contributed by atoms with E-state index in [1.807, 2.05) is 38.1 Å². The van der Waals surface area contributed by atoms with E-state index >= 15 is 0 Å². The standard InChI is InChI=1S/C15H13ClO/c1-10-4-3-5-11(2)15(10)13-8-12(9-17)6-7-14(13)16/h3-9H,1-2H3. The molecular formula is C15H13ClO. The Hall–Kier alpha value is -1.60. The minimum Gasteiger partial charge on any atom is -0.298 e. The number of hydrogen-bond donors (Lipinski definition) is 0. The van der Waals surface area contributed by atoms with Crippen molar-refractivity contribution >= 4 is 17.9 Å². The average Bonchev–Trinajstić information content (AvgIpc) is 2.31. The summed E-state index contributed by atoms with van der Waals surface area (Å²) in [6, 6.07) is 11.5. The molecule has 0 unspecified atom stereocenters. The van der Waals surface area contributed by atoms with Gasteiger partial charge >= 0.3 is 0 Å². The zero-order valence-corrected chi connectivity index (χ0v) is 10.6. The first kappa shape index (κ1) is 11.9. The first-order valence-electron chi connectivity index (χ1n) is 5.45. The van der Waals surface area contributed by atoms with Crippen molar-refractivity contribution in [3.63, 3.8) is 0 Å². The molecule has 17 heavy (non-hydrogen) atoms. The largest absolute Gasteiger partial charge is 0.298 e. The summed E-state index contributed by atoms with van der Waals surface area (Å²) in [5, 5.41) is 0.674. The molecule has 0 spiro atoms. The topological polar surface area (TPSA) is 17.1 Å². The number of aryl methyl sites for hydroxylation is 2. The fourth-order valence-electron chi connectivity index (χ4n) is 2.05. The van der Waals surface area contributed by atoms with Gasteiger partial charge in [-0.2, -0.15) is 0 Å². The number of carbonyl (C=O) groups excluding carboxylic acids is 1. The van der Waals surface area contributed by atoms with E-state index in [4.69, 9.17) is 11.6 Å². The van der Waals surface area contributed by atoms with Gasteiger partial charge in [-0.15, -0.1) is 0 Å². The van der Waals surface area contributed by atoms with Crippen molar-refractivity contribution in [2.24, 2.45) is 0 Å². The Morgan fingerprint density at radius 2 is 1.71 bits per heavy atom. The number of benzene rings is 2. The van der Waals surface area contributed by atoms with Gasteiger partial charge in [-0.3, -0.25) is 4.79 Å². The Morgan fingerprint density at radius 3 is 2.29 bits per heavy atom. The third kappa shape index (κ3) is 2.25. The first-order chi connectivity index (χ1) is 8.13. The van der Waals surface area contributed by atoms with E-state index in [-0.39, 0.29) is 0 Å². The van der Waals surface area contributed by atoms with E-state index in [0.29, 0.717) is 10.6 Å². The fraction of sp³-hybridized carbons (Fsp3) is 0.133. The van der Waals surface area contributed by atoms with Crippen LogP contribution in [0.3, 0.4) is 0 Å². The third-order valence-electron chi connectivity index (χ3n) is 2.88. The maximum absolute atomic E-state index is 10.8. The van der Waals surface area contributed by atoms with Crippen LogP contribution in [-0.4, -0.2) is 6.29 Å². The molecule has 0 N–H and O–H groups in total. The first-order valence-corrected chi connectivity index (χ1v) is 5.82. The van der Waals surface area contributed by atoms with Gasteiger partial charge in [-0.1, -0.05) is 35.9 Å². The van der Waals surface area contributed by atoms with Crippen LogP contribution in [0.25, 0.3) is 11.1 Å². The Kier molecular flexibility index (Phi) is 3.30. The number of hydrogen-bond acceptors (Lipinski definition) is 1. The highest BCUT2D eigenvalue weighted by atomic mass is 35.5. The van der Waals surface area contributed by atoms with Crippen LogP contribution in [-0.2, 0) is 0 Å². The number of aldehydes is 1. The number of carbonyl (C=O) groups is 1. The Labute approximate surface area is 106 Å².